The molecule has 6 heteroatoms. The number of nitrogens with one attached hydrogen (secondary N) is 1. The number of esters is 1. The fraction of sp³-hybridized carbons (Fsp3) is 0.158. The first-order valence-electron chi connectivity index (χ1n) is 7.53. The first kappa shape index (κ1) is 18.5. The number of anilines is 1. The Labute approximate surface area is 151 Å². The van der Waals surface area contributed by atoms with E-state index < -0.39 is 11.9 Å². The molecule has 2 aromatic rings. The Hall–Kier alpha value is -2.79. The van der Waals surface area contributed by atoms with Crippen LogP contribution in [0.3, 0.4) is 0 Å². The summed E-state index contributed by atoms with van der Waals surface area (Å²) in [6, 6.07) is 12.4. The van der Waals surface area contributed by atoms with E-state index in [1.165, 1.54) is 6.08 Å². The molecule has 0 heterocycles. The maximum atomic E-state index is 11.9. The number of carbonyl (C=O) groups excluding carboxylic acids is 2. The molecule has 1 amide bonds. The van der Waals surface area contributed by atoms with E-state index in [0.717, 1.165) is 11.1 Å². The van der Waals surface area contributed by atoms with E-state index in [0.29, 0.717) is 16.5 Å². The molecule has 0 saturated carbocycles. The summed E-state index contributed by atoms with van der Waals surface area (Å²) >= 11 is 5.89. The number of ether oxygens (including phenoxy) is 2. The molecule has 0 radical (unpaired) electrons. The van der Waals surface area contributed by atoms with Crippen LogP contribution in [0.15, 0.2) is 48.5 Å². The van der Waals surface area contributed by atoms with Crippen molar-refractivity contribution < 1.29 is 19.1 Å². The van der Waals surface area contributed by atoms with E-state index >= 15 is 0 Å². The van der Waals surface area contributed by atoms with Gasteiger partial charge in [-0.25, -0.2) is 4.79 Å². The molecule has 5 nitrogen and oxygen atoms in total. The van der Waals surface area contributed by atoms with Crippen molar-refractivity contribution >= 4 is 35.2 Å². The SMILES string of the molecule is COc1cccc(/C=C/C(=O)OCC(=O)Nc2cc(Cl)ccc2C)c1. The Kier molecular flexibility index (Phi) is 6.60. The lowest BCUT2D eigenvalue weighted by Crippen LogP contribution is -2.20. The number of aryl methyl sites for hydroxylation is 1. The van der Waals surface area contributed by atoms with Crippen LogP contribution in [-0.2, 0) is 14.3 Å². The van der Waals surface area contributed by atoms with Crippen molar-refractivity contribution in [3.63, 3.8) is 0 Å². The quantitative estimate of drug-likeness (QED) is 0.628. The zero-order chi connectivity index (χ0) is 18.2. The van der Waals surface area contributed by atoms with Crippen LogP contribution >= 0.6 is 11.6 Å². The second-order valence-electron chi connectivity index (χ2n) is 5.23. The van der Waals surface area contributed by atoms with Crippen LogP contribution < -0.4 is 10.1 Å². The van der Waals surface area contributed by atoms with Crippen molar-refractivity contribution in [1.82, 2.24) is 0 Å². The van der Waals surface area contributed by atoms with Gasteiger partial charge < -0.3 is 14.8 Å². The van der Waals surface area contributed by atoms with Crippen LogP contribution in [-0.4, -0.2) is 25.6 Å². The largest absolute Gasteiger partial charge is 0.497 e. The summed E-state index contributed by atoms with van der Waals surface area (Å²) in [4.78, 5) is 23.6. The Morgan fingerprint density at radius 1 is 1.20 bits per heavy atom. The van der Waals surface area contributed by atoms with Crippen molar-refractivity contribution in [3.05, 3.63) is 64.7 Å². The van der Waals surface area contributed by atoms with Crippen molar-refractivity contribution in [2.24, 2.45) is 0 Å². The molecule has 0 aliphatic heterocycles. The molecular weight excluding hydrogens is 342 g/mol. The maximum absolute atomic E-state index is 11.9. The Bertz CT molecular complexity index is 802. The van der Waals surface area contributed by atoms with E-state index in [1.54, 1.807) is 43.5 Å². The molecule has 0 aliphatic rings. The minimum absolute atomic E-state index is 0.382. The van der Waals surface area contributed by atoms with Gasteiger partial charge in [0.1, 0.15) is 5.75 Å². The van der Waals surface area contributed by atoms with E-state index in [1.807, 2.05) is 19.1 Å². The number of benzene rings is 2. The van der Waals surface area contributed by atoms with E-state index in [4.69, 9.17) is 21.1 Å². The van der Waals surface area contributed by atoms with Crippen LogP contribution in [0.2, 0.25) is 5.02 Å². The Balaban J connectivity index is 1.85. The molecule has 2 rings (SSSR count). The molecule has 0 saturated heterocycles. The van der Waals surface area contributed by atoms with Crippen molar-refractivity contribution in [3.8, 4) is 5.75 Å². The molecule has 1 N–H and O–H groups in total. The molecule has 130 valence electrons. The van der Waals surface area contributed by atoms with Crippen molar-refractivity contribution in [1.29, 1.82) is 0 Å². The third-order valence-corrected chi connectivity index (χ3v) is 3.56. The summed E-state index contributed by atoms with van der Waals surface area (Å²) in [6.45, 7) is 1.46. The molecule has 0 bridgehead atoms. The Morgan fingerprint density at radius 3 is 2.76 bits per heavy atom. The van der Waals surface area contributed by atoms with Crippen molar-refractivity contribution in [2.45, 2.75) is 6.92 Å². The summed E-state index contributed by atoms with van der Waals surface area (Å²) < 4.78 is 10.0. The van der Waals surface area contributed by atoms with E-state index in [9.17, 15) is 9.59 Å². The molecule has 0 atom stereocenters. The van der Waals surface area contributed by atoms with Gasteiger partial charge >= 0.3 is 5.97 Å². The normalized spacial score (nSPS) is 10.5. The number of halogens is 1. The molecule has 25 heavy (non-hydrogen) atoms. The lowest BCUT2D eigenvalue weighted by atomic mass is 10.2. The molecule has 0 aliphatic carbocycles. The standard InChI is InChI=1S/C19H18ClNO4/c1-13-6-8-15(20)11-17(13)21-18(22)12-25-19(23)9-7-14-4-3-5-16(10-14)24-2/h3-11H,12H2,1-2H3,(H,21,22)/b9-7+. The average Bonchev–Trinajstić information content (AvgIpc) is 2.61. The summed E-state index contributed by atoms with van der Waals surface area (Å²) in [6.07, 6.45) is 2.84. The zero-order valence-corrected chi connectivity index (χ0v) is 14.7. The third kappa shape index (κ3) is 5.97. The Morgan fingerprint density at radius 2 is 2.00 bits per heavy atom. The average molecular weight is 360 g/mol. The number of carbonyl (C=O) groups is 2. The lowest BCUT2D eigenvalue weighted by Gasteiger charge is -2.08. The summed E-state index contributed by atoms with van der Waals surface area (Å²) in [5.41, 5.74) is 2.23. The van der Waals surface area contributed by atoms with Crippen LogP contribution in [0.1, 0.15) is 11.1 Å². The predicted molar refractivity (Wildman–Crippen MR) is 97.8 cm³/mol. The number of methoxy groups -OCH3 is 1. The predicted octanol–water partition coefficient (Wildman–Crippen LogP) is 3.85. The first-order valence-corrected chi connectivity index (χ1v) is 7.90. The highest BCUT2D eigenvalue weighted by Gasteiger charge is 2.08. The van der Waals surface area contributed by atoms with Gasteiger partial charge in [-0.1, -0.05) is 29.8 Å². The van der Waals surface area contributed by atoms with Crippen LogP contribution in [0, 0.1) is 6.92 Å². The van der Waals surface area contributed by atoms with Gasteiger partial charge in [-0.05, 0) is 48.4 Å². The summed E-state index contributed by atoms with van der Waals surface area (Å²) in [5, 5.41) is 3.17. The molecule has 2 aromatic carbocycles. The lowest BCUT2D eigenvalue weighted by molar-refractivity contribution is -0.142. The number of hydrogen-bond donors (Lipinski definition) is 1. The minimum Gasteiger partial charge on any atom is -0.497 e. The van der Waals surface area contributed by atoms with Gasteiger partial charge in [0, 0.05) is 16.8 Å². The highest BCUT2D eigenvalue weighted by Crippen LogP contribution is 2.20. The van der Waals surface area contributed by atoms with E-state index in [2.05, 4.69) is 5.32 Å². The minimum atomic E-state index is -0.610. The fourth-order valence-electron chi connectivity index (χ4n) is 2.01. The number of rotatable bonds is 6. The summed E-state index contributed by atoms with van der Waals surface area (Å²) in [5.74, 6) is -0.360. The van der Waals surface area contributed by atoms with Crippen LogP contribution in [0.5, 0.6) is 5.75 Å². The number of amides is 1. The zero-order valence-electron chi connectivity index (χ0n) is 13.9. The summed E-state index contributed by atoms with van der Waals surface area (Å²) in [7, 11) is 1.57. The van der Waals surface area contributed by atoms with Gasteiger partial charge in [0.05, 0.1) is 7.11 Å². The van der Waals surface area contributed by atoms with Crippen LogP contribution in [0.4, 0.5) is 5.69 Å². The fourth-order valence-corrected chi connectivity index (χ4v) is 2.18. The second kappa shape index (κ2) is 8.89. The topological polar surface area (TPSA) is 64.6 Å². The maximum Gasteiger partial charge on any atom is 0.331 e. The molecule has 0 aromatic heterocycles. The monoisotopic (exact) mass is 359 g/mol. The molecule has 0 fully saturated rings. The number of hydrogen-bond acceptors (Lipinski definition) is 4. The van der Waals surface area contributed by atoms with Gasteiger partial charge in [-0.15, -0.1) is 0 Å². The van der Waals surface area contributed by atoms with E-state index in [-0.39, 0.29) is 6.61 Å². The molecular formula is C19H18ClNO4. The van der Waals surface area contributed by atoms with Gasteiger partial charge in [-0.3, -0.25) is 4.79 Å². The van der Waals surface area contributed by atoms with Gasteiger partial charge in [0.25, 0.3) is 5.91 Å². The van der Waals surface area contributed by atoms with Gasteiger partial charge in [0.15, 0.2) is 6.61 Å². The molecule has 0 spiro atoms. The highest BCUT2D eigenvalue weighted by molar-refractivity contribution is 6.31. The smallest absolute Gasteiger partial charge is 0.331 e. The highest BCUT2D eigenvalue weighted by atomic mass is 35.5. The van der Waals surface area contributed by atoms with Gasteiger partial charge in [-0.2, -0.15) is 0 Å². The van der Waals surface area contributed by atoms with Crippen molar-refractivity contribution in [2.75, 3.05) is 19.0 Å². The first-order chi connectivity index (χ1) is 12.0. The second-order valence-corrected chi connectivity index (χ2v) is 5.66. The van der Waals surface area contributed by atoms with Crippen LogP contribution in [0.25, 0.3) is 6.08 Å². The molecule has 0 unspecified atom stereocenters. The van der Waals surface area contributed by atoms with Gasteiger partial charge in [0.2, 0.25) is 0 Å². The third-order valence-electron chi connectivity index (χ3n) is 3.32.